The molecule has 20 heavy (non-hydrogen) atoms. The molecule has 0 saturated heterocycles. The number of ether oxygens (including phenoxy) is 1. The second-order valence-electron chi connectivity index (χ2n) is 4.77. The largest absolute Gasteiger partial charge is 0.507 e. The van der Waals surface area contributed by atoms with Crippen molar-refractivity contribution in [1.82, 2.24) is 0 Å². The van der Waals surface area contributed by atoms with Gasteiger partial charge in [-0.25, -0.2) is 0 Å². The Morgan fingerprint density at radius 3 is 2.50 bits per heavy atom. The zero-order valence-electron chi connectivity index (χ0n) is 11.8. The van der Waals surface area contributed by atoms with Gasteiger partial charge in [-0.15, -0.1) is 0 Å². The minimum Gasteiger partial charge on any atom is -0.507 e. The molecular weight excluding hydrogens is 271 g/mol. The normalized spacial score (nSPS) is 12.8. The maximum atomic E-state index is 9.96. The summed E-state index contributed by atoms with van der Waals surface area (Å²) in [7, 11) is 1.88. The molecule has 0 saturated carbocycles. The van der Waals surface area contributed by atoms with Gasteiger partial charge in [0, 0.05) is 5.30 Å². The molecule has 0 aliphatic rings. The third-order valence-electron chi connectivity index (χ3n) is 3.13. The van der Waals surface area contributed by atoms with E-state index in [0.717, 1.165) is 27.5 Å². The molecule has 3 nitrogen and oxygen atoms in total. The predicted octanol–water partition coefficient (Wildman–Crippen LogP) is 2.39. The van der Waals surface area contributed by atoms with Crippen molar-refractivity contribution in [3.63, 3.8) is 0 Å². The van der Waals surface area contributed by atoms with Crippen molar-refractivity contribution < 1.29 is 14.9 Å². The van der Waals surface area contributed by atoms with E-state index in [2.05, 4.69) is 0 Å². The van der Waals surface area contributed by atoms with Crippen molar-refractivity contribution in [2.75, 3.05) is 7.11 Å². The molecule has 0 amide bonds. The Morgan fingerprint density at radius 2 is 1.85 bits per heavy atom. The molecule has 106 valence electrons. The highest BCUT2D eigenvalue weighted by atomic mass is 31.1. The minimum absolute atomic E-state index is 0.251. The maximum Gasteiger partial charge on any atom is 0.123 e. The van der Waals surface area contributed by atoms with Crippen LogP contribution in [0.25, 0.3) is 0 Å². The summed E-state index contributed by atoms with van der Waals surface area (Å²) < 4.78 is 5.19. The summed E-state index contributed by atoms with van der Waals surface area (Å²) in [6.07, 6.45) is -0.523. The predicted molar refractivity (Wildman–Crippen MR) is 84.1 cm³/mol. The number of phenols is 1. The van der Waals surface area contributed by atoms with Gasteiger partial charge in [0.25, 0.3) is 0 Å². The molecule has 2 aromatic rings. The van der Waals surface area contributed by atoms with Crippen LogP contribution in [0.15, 0.2) is 36.4 Å². The lowest BCUT2D eigenvalue weighted by Gasteiger charge is -2.14. The van der Waals surface area contributed by atoms with Gasteiger partial charge < -0.3 is 14.9 Å². The van der Waals surface area contributed by atoms with Gasteiger partial charge in [-0.2, -0.15) is 0 Å². The first kappa shape index (κ1) is 14.8. The number of aryl methyl sites for hydroxylation is 1. The topological polar surface area (TPSA) is 49.7 Å². The summed E-state index contributed by atoms with van der Waals surface area (Å²) in [5.74, 6) is 0.970. The second kappa shape index (κ2) is 6.25. The highest BCUT2D eigenvalue weighted by Crippen LogP contribution is 2.26. The Bertz CT molecular complexity index is 609. The fourth-order valence-corrected chi connectivity index (χ4v) is 3.34. The third-order valence-corrected chi connectivity index (χ3v) is 4.52. The lowest BCUT2D eigenvalue weighted by Crippen LogP contribution is -2.12. The van der Waals surface area contributed by atoms with E-state index in [9.17, 15) is 10.2 Å². The molecule has 0 bridgehead atoms. The number of aliphatic hydroxyl groups excluding tert-OH is 1. The Morgan fingerprint density at radius 1 is 1.10 bits per heavy atom. The van der Waals surface area contributed by atoms with Crippen LogP contribution >= 0.6 is 8.58 Å². The lowest BCUT2D eigenvalue weighted by atomic mass is 10.1. The van der Waals surface area contributed by atoms with E-state index >= 15 is 0 Å². The zero-order valence-corrected chi connectivity index (χ0v) is 12.8. The molecule has 4 heteroatoms. The Hall–Kier alpha value is -1.57. The van der Waals surface area contributed by atoms with Crippen LogP contribution in [0.2, 0.25) is 0 Å². The summed E-state index contributed by atoms with van der Waals surface area (Å²) in [5, 5.41) is 21.7. The van der Waals surface area contributed by atoms with E-state index in [4.69, 9.17) is 4.74 Å². The number of hydrogen-bond acceptors (Lipinski definition) is 3. The Labute approximate surface area is 121 Å². The molecule has 2 atom stereocenters. The summed E-state index contributed by atoms with van der Waals surface area (Å²) >= 11 is 0. The standard InChI is InChI=1S/C16H19O3P/c1-10-4-7-15(13(8-10)11(2)17)20-16-9-12(19-3)5-6-14(16)18/h4-9,11,17-18,20H,1-3H3. The smallest absolute Gasteiger partial charge is 0.123 e. The van der Waals surface area contributed by atoms with Crippen LogP contribution in [0, 0.1) is 6.92 Å². The van der Waals surface area contributed by atoms with E-state index < -0.39 is 6.10 Å². The molecule has 0 fully saturated rings. The Kier molecular flexibility index (Phi) is 4.64. The van der Waals surface area contributed by atoms with Gasteiger partial charge >= 0.3 is 0 Å². The zero-order chi connectivity index (χ0) is 14.7. The second-order valence-corrected chi connectivity index (χ2v) is 6.10. The van der Waals surface area contributed by atoms with E-state index in [1.807, 2.05) is 31.2 Å². The van der Waals surface area contributed by atoms with E-state index in [-0.39, 0.29) is 14.3 Å². The average Bonchev–Trinajstić information content (AvgIpc) is 2.42. The number of rotatable bonds is 4. The van der Waals surface area contributed by atoms with Gasteiger partial charge in [-0.1, -0.05) is 32.3 Å². The number of aliphatic hydroxyl groups is 1. The molecule has 2 N–H and O–H groups in total. The Balaban J connectivity index is 2.39. The van der Waals surface area contributed by atoms with Gasteiger partial charge in [-0.3, -0.25) is 0 Å². The van der Waals surface area contributed by atoms with Crippen LogP contribution in [0.3, 0.4) is 0 Å². The van der Waals surface area contributed by atoms with Crippen molar-refractivity contribution in [1.29, 1.82) is 0 Å². The highest BCUT2D eigenvalue weighted by Gasteiger charge is 2.11. The molecule has 2 aromatic carbocycles. The van der Waals surface area contributed by atoms with Crippen molar-refractivity contribution in [3.05, 3.63) is 47.5 Å². The number of aromatic hydroxyl groups is 1. The summed E-state index contributed by atoms with van der Waals surface area (Å²) in [5.41, 5.74) is 2.02. The molecule has 2 rings (SSSR count). The first-order valence-electron chi connectivity index (χ1n) is 6.44. The fraction of sp³-hybridized carbons (Fsp3) is 0.250. The number of methoxy groups -OCH3 is 1. The van der Waals surface area contributed by atoms with Crippen LogP contribution in [0.1, 0.15) is 24.2 Å². The first-order valence-corrected chi connectivity index (χ1v) is 7.44. The molecule has 0 aromatic heterocycles. The van der Waals surface area contributed by atoms with E-state index in [1.54, 1.807) is 26.2 Å². The van der Waals surface area contributed by atoms with Crippen LogP contribution in [0.5, 0.6) is 11.5 Å². The average molecular weight is 290 g/mol. The molecule has 0 aliphatic heterocycles. The maximum absolute atomic E-state index is 9.96. The highest BCUT2D eigenvalue weighted by molar-refractivity contribution is 7.55. The number of benzene rings is 2. The summed E-state index contributed by atoms with van der Waals surface area (Å²) in [6.45, 7) is 3.76. The van der Waals surface area contributed by atoms with Crippen LogP contribution in [0.4, 0.5) is 0 Å². The molecule has 0 spiro atoms. The van der Waals surface area contributed by atoms with Gasteiger partial charge in [0.2, 0.25) is 0 Å². The van der Waals surface area contributed by atoms with Gasteiger partial charge in [0.1, 0.15) is 11.5 Å². The minimum atomic E-state index is -0.523. The SMILES string of the molecule is COc1ccc(O)c(Pc2ccc(C)cc2C(C)O)c1. The van der Waals surface area contributed by atoms with Gasteiger partial charge in [0.05, 0.1) is 13.2 Å². The van der Waals surface area contributed by atoms with Crippen molar-refractivity contribution in [2.45, 2.75) is 20.0 Å². The fourth-order valence-electron chi connectivity index (χ4n) is 2.03. The first-order chi connectivity index (χ1) is 9.51. The molecule has 0 radical (unpaired) electrons. The van der Waals surface area contributed by atoms with Crippen LogP contribution in [-0.2, 0) is 0 Å². The lowest BCUT2D eigenvalue weighted by molar-refractivity contribution is 0.200. The van der Waals surface area contributed by atoms with E-state index in [1.165, 1.54) is 0 Å². The van der Waals surface area contributed by atoms with Gasteiger partial charge in [-0.05, 0) is 42.9 Å². The third kappa shape index (κ3) is 3.30. The monoisotopic (exact) mass is 290 g/mol. The summed E-state index contributed by atoms with van der Waals surface area (Å²) in [4.78, 5) is 0. The number of phenolic OH excluding ortho intramolecular Hbond substituents is 1. The van der Waals surface area contributed by atoms with Crippen LogP contribution < -0.4 is 15.3 Å². The van der Waals surface area contributed by atoms with Crippen LogP contribution in [-0.4, -0.2) is 17.3 Å². The van der Waals surface area contributed by atoms with Crippen molar-refractivity contribution >= 4 is 19.2 Å². The van der Waals surface area contributed by atoms with Crippen molar-refractivity contribution in [2.24, 2.45) is 0 Å². The molecule has 0 aliphatic carbocycles. The summed E-state index contributed by atoms with van der Waals surface area (Å²) in [6, 6.07) is 11.2. The van der Waals surface area contributed by atoms with Gasteiger partial charge in [0.15, 0.2) is 0 Å². The quantitative estimate of drug-likeness (QED) is 0.850. The molecule has 2 unspecified atom stereocenters. The number of hydrogen-bond donors (Lipinski definition) is 2. The molecular formula is C16H19O3P. The van der Waals surface area contributed by atoms with E-state index in [0.29, 0.717) is 0 Å². The molecule has 0 heterocycles. The van der Waals surface area contributed by atoms with Crippen molar-refractivity contribution in [3.8, 4) is 11.5 Å².